The van der Waals surface area contributed by atoms with E-state index in [1.807, 2.05) is 0 Å². The maximum Gasteiger partial charge on any atom is 0.253 e. The Morgan fingerprint density at radius 3 is 2.77 bits per heavy atom. The van der Waals surface area contributed by atoms with Crippen LogP contribution in [-0.2, 0) is 15.6 Å². The van der Waals surface area contributed by atoms with Gasteiger partial charge in [-0.25, -0.2) is 27.2 Å². The lowest BCUT2D eigenvalue weighted by Gasteiger charge is -2.33. The van der Waals surface area contributed by atoms with Crippen LogP contribution in [0.1, 0.15) is 40.1 Å². The Hall–Kier alpha value is -2.18. The lowest BCUT2D eigenvalue weighted by Crippen LogP contribution is -2.49. The van der Waals surface area contributed by atoms with Gasteiger partial charge in [0.25, 0.3) is 5.91 Å². The van der Waals surface area contributed by atoms with Gasteiger partial charge in [0, 0.05) is 18.0 Å². The molecule has 1 saturated carbocycles. The minimum atomic E-state index is -3.46. The highest BCUT2D eigenvalue weighted by atomic mass is 32.2. The lowest BCUT2D eigenvalue weighted by atomic mass is 10.1. The van der Waals surface area contributed by atoms with Crippen molar-refractivity contribution in [3.8, 4) is 10.6 Å². The van der Waals surface area contributed by atoms with Gasteiger partial charge in [0.2, 0.25) is 16.0 Å². The Morgan fingerprint density at radius 2 is 2.13 bits per heavy atom. The Morgan fingerprint density at radius 1 is 1.39 bits per heavy atom. The summed E-state index contributed by atoms with van der Waals surface area (Å²) in [7, 11) is -3.46. The third-order valence-corrected chi connectivity index (χ3v) is 8.93. The van der Waals surface area contributed by atoms with Crippen LogP contribution in [-0.4, -0.2) is 60.2 Å². The monoisotopic (exact) mass is 469 g/mol. The van der Waals surface area contributed by atoms with Gasteiger partial charge in [0.15, 0.2) is 5.82 Å². The number of anilines is 1. The summed E-state index contributed by atoms with van der Waals surface area (Å²) in [5, 5.41) is 5.90. The summed E-state index contributed by atoms with van der Waals surface area (Å²) in [5.74, 6) is -0.698. The van der Waals surface area contributed by atoms with Gasteiger partial charge in [0.1, 0.15) is 11.9 Å². The van der Waals surface area contributed by atoms with Gasteiger partial charge in [-0.05, 0) is 31.7 Å². The summed E-state index contributed by atoms with van der Waals surface area (Å²) in [6.45, 7) is 1.70. The zero-order chi connectivity index (χ0) is 22.1. The van der Waals surface area contributed by atoms with E-state index in [-0.39, 0.29) is 42.6 Å². The van der Waals surface area contributed by atoms with Crippen molar-refractivity contribution in [1.82, 2.24) is 19.6 Å². The third kappa shape index (κ3) is 3.40. The van der Waals surface area contributed by atoms with E-state index < -0.39 is 28.1 Å². The van der Waals surface area contributed by atoms with Gasteiger partial charge in [-0.15, -0.1) is 11.3 Å². The molecule has 0 aromatic carbocycles. The number of rotatable bonds is 4. The fourth-order valence-electron chi connectivity index (χ4n) is 4.27. The second kappa shape index (κ2) is 6.91. The number of fused-ring (bicyclic) bond motifs is 2. The molecule has 5 rings (SSSR count). The number of nitrogens with one attached hydrogen (secondary N) is 2. The summed E-state index contributed by atoms with van der Waals surface area (Å²) in [4.78, 5) is 22.1. The van der Waals surface area contributed by atoms with Crippen LogP contribution in [0.4, 0.5) is 14.7 Å². The van der Waals surface area contributed by atoms with Gasteiger partial charge in [-0.1, -0.05) is 0 Å². The van der Waals surface area contributed by atoms with Crippen molar-refractivity contribution in [2.24, 2.45) is 0 Å². The first-order valence-electron chi connectivity index (χ1n) is 9.94. The SMILES string of the molecule is Cc1c(-c2nc(N[C@H]3CCN(S(C)(=O)=O)C[C@H]3F)ncc2F)sc2c1C(=O)NC21CC1. The molecule has 8 nitrogen and oxygen atoms in total. The average molecular weight is 470 g/mol. The standard InChI is InChI=1S/C19H21F2N5O3S2/c1-9-13-16(19(4-5-19)25-17(13)27)30-15(9)14-10(20)7-22-18(24-14)23-12-3-6-26(8-11(12)21)31(2,28)29/h7,11-12H,3-6,8H2,1-2H3,(H,25,27)(H,22,23,24)/t11-,12+/m1/s1. The lowest BCUT2D eigenvalue weighted by molar-refractivity contribution is 0.0952. The third-order valence-electron chi connectivity index (χ3n) is 6.16. The minimum Gasteiger partial charge on any atom is -0.348 e. The Labute approximate surface area is 182 Å². The van der Waals surface area contributed by atoms with Gasteiger partial charge in [-0.2, -0.15) is 4.31 Å². The molecule has 0 radical (unpaired) electrons. The first-order valence-corrected chi connectivity index (χ1v) is 12.6. The normalized spacial score (nSPS) is 24.8. The number of carbonyl (C=O) groups is 1. The number of piperidine rings is 1. The van der Waals surface area contributed by atoms with E-state index in [1.54, 1.807) is 6.92 Å². The number of halogens is 2. The number of sulfonamides is 1. The predicted octanol–water partition coefficient (Wildman–Crippen LogP) is 2.17. The maximum atomic E-state index is 14.6. The van der Waals surface area contributed by atoms with E-state index in [9.17, 15) is 22.0 Å². The van der Waals surface area contributed by atoms with Gasteiger partial charge < -0.3 is 10.6 Å². The van der Waals surface area contributed by atoms with E-state index in [0.29, 0.717) is 16.0 Å². The van der Waals surface area contributed by atoms with Crippen LogP contribution in [0, 0.1) is 12.7 Å². The zero-order valence-electron chi connectivity index (χ0n) is 16.9. The number of alkyl halides is 1. The summed E-state index contributed by atoms with van der Waals surface area (Å²) in [5.41, 5.74) is 1.04. The van der Waals surface area contributed by atoms with Crippen LogP contribution in [0.3, 0.4) is 0 Å². The highest BCUT2D eigenvalue weighted by Crippen LogP contribution is 2.55. The van der Waals surface area contributed by atoms with Crippen molar-refractivity contribution in [3.05, 3.63) is 28.0 Å². The molecule has 2 aromatic rings. The highest BCUT2D eigenvalue weighted by molar-refractivity contribution is 7.88. The van der Waals surface area contributed by atoms with E-state index in [0.717, 1.165) is 34.5 Å². The Bertz CT molecular complexity index is 1200. The largest absolute Gasteiger partial charge is 0.348 e. The molecule has 0 unspecified atom stereocenters. The number of hydrogen-bond acceptors (Lipinski definition) is 7. The van der Waals surface area contributed by atoms with Crippen molar-refractivity contribution in [2.75, 3.05) is 24.7 Å². The molecule has 2 N–H and O–H groups in total. The summed E-state index contributed by atoms with van der Waals surface area (Å²) >= 11 is 1.36. The van der Waals surface area contributed by atoms with Crippen molar-refractivity contribution >= 4 is 33.2 Å². The summed E-state index contributed by atoms with van der Waals surface area (Å²) < 4.78 is 53.6. The van der Waals surface area contributed by atoms with Crippen molar-refractivity contribution in [2.45, 2.75) is 43.9 Å². The zero-order valence-corrected chi connectivity index (χ0v) is 18.5. The molecule has 3 aliphatic rings. The molecule has 2 fully saturated rings. The molecule has 31 heavy (non-hydrogen) atoms. The molecule has 1 spiro atoms. The van der Waals surface area contributed by atoms with Crippen LogP contribution >= 0.6 is 11.3 Å². The second-order valence-corrected chi connectivity index (χ2v) is 11.4. The Balaban J connectivity index is 1.42. The van der Waals surface area contributed by atoms with Crippen LogP contribution in [0.15, 0.2) is 6.20 Å². The highest BCUT2D eigenvalue weighted by Gasteiger charge is 2.54. The van der Waals surface area contributed by atoms with Crippen LogP contribution < -0.4 is 10.6 Å². The smallest absolute Gasteiger partial charge is 0.253 e. The summed E-state index contributed by atoms with van der Waals surface area (Å²) in [6.07, 6.45) is 2.60. The number of aromatic nitrogens is 2. The number of thiophene rings is 1. The molecule has 166 valence electrons. The number of carbonyl (C=O) groups excluding carboxylic acids is 1. The minimum absolute atomic E-state index is 0.0652. The Kier molecular flexibility index (Phi) is 4.61. The van der Waals surface area contributed by atoms with E-state index in [1.165, 1.54) is 11.3 Å². The fourth-order valence-corrected chi connectivity index (χ4v) is 6.61. The number of amides is 1. The van der Waals surface area contributed by atoms with Crippen LogP contribution in [0.2, 0.25) is 0 Å². The molecular formula is C19H21F2N5O3S2. The first kappa shape index (κ1) is 20.7. The molecule has 1 saturated heterocycles. The molecule has 0 bridgehead atoms. The quantitative estimate of drug-likeness (QED) is 0.711. The molecule has 2 aliphatic heterocycles. The van der Waals surface area contributed by atoms with Gasteiger partial charge in [0.05, 0.1) is 34.5 Å². The van der Waals surface area contributed by atoms with Crippen molar-refractivity contribution in [1.29, 1.82) is 0 Å². The average Bonchev–Trinajstić information content (AvgIpc) is 3.30. The van der Waals surface area contributed by atoms with Gasteiger partial charge >= 0.3 is 0 Å². The van der Waals surface area contributed by atoms with E-state index in [2.05, 4.69) is 20.6 Å². The number of nitrogens with zero attached hydrogens (tertiary/aromatic N) is 3. The maximum absolute atomic E-state index is 14.6. The first-order chi connectivity index (χ1) is 14.6. The second-order valence-electron chi connectivity index (χ2n) is 8.36. The predicted molar refractivity (Wildman–Crippen MR) is 112 cm³/mol. The van der Waals surface area contributed by atoms with Crippen molar-refractivity contribution < 1.29 is 22.0 Å². The van der Waals surface area contributed by atoms with E-state index >= 15 is 0 Å². The fraction of sp³-hybridized carbons (Fsp3) is 0.526. The number of hydrogen-bond donors (Lipinski definition) is 2. The van der Waals surface area contributed by atoms with Crippen molar-refractivity contribution in [3.63, 3.8) is 0 Å². The van der Waals surface area contributed by atoms with Crippen LogP contribution in [0.25, 0.3) is 10.6 Å². The molecule has 4 heterocycles. The molecule has 2 aromatic heterocycles. The molecule has 1 aliphatic carbocycles. The van der Waals surface area contributed by atoms with Crippen LogP contribution in [0.5, 0.6) is 0 Å². The molecule has 1 amide bonds. The molecular weight excluding hydrogens is 448 g/mol. The van der Waals surface area contributed by atoms with E-state index in [4.69, 9.17) is 0 Å². The topological polar surface area (TPSA) is 104 Å². The van der Waals surface area contributed by atoms with Gasteiger partial charge in [-0.3, -0.25) is 4.79 Å². The molecule has 2 atom stereocenters. The molecule has 12 heteroatoms. The summed E-state index contributed by atoms with van der Waals surface area (Å²) in [6, 6.07) is -0.689.